The molecule has 0 fully saturated rings. The Bertz CT molecular complexity index is 1770. The van der Waals surface area contributed by atoms with Gasteiger partial charge >= 0.3 is 18.2 Å². The quantitative estimate of drug-likeness (QED) is 0.0573. The van der Waals surface area contributed by atoms with Gasteiger partial charge in [0.1, 0.15) is 25.2 Å². The molecule has 2 aromatic rings. The van der Waals surface area contributed by atoms with E-state index in [2.05, 4.69) is 37.6 Å². The summed E-state index contributed by atoms with van der Waals surface area (Å²) in [6, 6.07) is 15.0. The van der Waals surface area contributed by atoms with Gasteiger partial charge in [0.25, 0.3) is 5.91 Å². The maximum atomic E-state index is 13.1. The van der Waals surface area contributed by atoms with Crippen molar-refractivity contribution in [2.75, 3.05) is 6.54 Å². The largest absolute Gasteiger partial charge is 0.542 e. The van der Waals surface area contributed by atoms with Gasteiger partial charge in [0.15, 0.2) is 6.04 Å². The Labute approximate surface area is 364 Å². The molecule has 0 radical (unpaired) electrons. The number of carbonyl (C=O) groups excluding carboxylic acids is 8. The van der Waals surface area contributed by atoms with Gasteiger partial charge in [0.2, 0.25) is 23.6 Å². The molecule has 0 unspecified atom stereocenters. The molecule has 0 saturated heterocycles. The van der Waals surface area contributed by atoms with E-state index in [1.54, 1.807) is 34.6 Å². The number of nitrogens with one attached hydrogen (secondary N) is 6. The summed E-state index contributed by atoms with van der Waals surface area (Å²) in [5.74, 6) is -5.40. The topological polar surface area (TPSA) is 278 Å². The van der Waals surface area contributed by atoms with Crippen LogP contribution in [0.1, 0.15) is 90.7 Å². The fraction of sp³-hybridized carbons (Fsp3) is 0.524. The van der Waals surface area contributed by atoms with Crippen LogP contribution < -0.4 is 42.7 Å². The van der Waals surface area contributed by atoms with Crippen LogP contribution in [0.5, 0.6) is 0 Å². The first kappa shape index (κ1) is 54.8. The van der Waals surface area contributed by atoms with Crippen LogP contribution in [0, 0.1) is 0 Å². The number of alkyl carbamates (subject to hydrolysis) is 1. The smallest absolute Gasteiger partial charge is 0.430 e. The second kappa shape index (κ2) is 29.1. The zero-order valence-electron chi connectivity index (χ0n) is 36.1. The molecule has 0 aliphatic rings. The Morgan fingerprint density at radius 1 is 0.603 bits per heavy atom. The highest BCUT2D eigenvalue weighted by molar-refractivity contribution is 5.86. The van der Waals surface area contributed by atoms with E-state index in [0.29, 0.717) is 19.4 Å². The predicted octanol–water partition coefficient (Wildman–Crippen LogP) is 0.820. The number of ether oxygens (including phenoxy) is 2. The molecule has 9 N–H and O–H groups in total. The van der Waals surface area contributed by atoms with Gasteiger partial charge in [-0.3, -0.25) is 24.0 Å². The van der Waals surface area contributed by atoms with Crippen molar-refractivity contribution in [1.82, 2.24) is 31.9 Å². The number of carboxylic acid groups (broad SMARTS) is 1. The maximum absolute atomic E-state index is 13.1. The molecule has 21 heteroatoms. The molecule has 0 heterocycles. The number of carbonyl (C=O) groups is 8. The molecule has 6 atom stereocenters. The Kier molecular flexibility index (Phi) is 25.3. The first-order valence-electron chi connectivity index (χ1n) is 20.3. The van der Waals surface area contributed by atoms with Crippen molar-refractivity contribution in [2.24, 2.45) is 0 Å². The summed E-state index contributed by atoms with van der Waals surface area (Å²) < 4.78 is 42.3. The third-order valence-electron chi connectivity index (χ3n) is 8.50. The number of unbranched alkanes of at least 4 members (excludes halogenated alkanes) is 1. The van der Waals surface area contributed by atoms with E-state index in [-0.39, 0.29) is 68.9 Å². The van der Waals surface area contributed by atoms with Gasteiger partial charge in [-0.15, -0.1) is 0 Å². The molecule has 0 spiro atoms. The highest BCUT2D eigenvalue weighted by Crippen LogP contribution is 2.12. The monoisotopic (exact) mass is 895 g/mol. The Hall–Kier alpha value is -6.25. The van der Waals surface area contributed by atoms with Crippen LogP contribution in [0.4, 0.5) is 18.0 Å². The SMILES string of the molecule is C[C@H](CC(=O)N[C@H](C)CC(=O)N[C@@H](CCCCNC(=O)OCc1ccccc1)C(=O)OCc1ccccc1)NC(=O)C[C@@H](C)NC(=O)C[C@@H](C)NC(=O)[C@H](C)[NH3+].O=C([O-])C(F)(F)F. The summed E-state index contributed by atoms with van der Waals surface area (Å²) in [6.45, 7) is 8.85. The summed E-state index contributed by atoms with van der Waals surface area (Å²) in [7, 11) is 0. The van der Waals surface area contributed by atoms with Crippen LogP contribution in [0.15, 0.2) is 60.7 Å². The molecule has 0 aliphatic carbocycles. The summed E-state index contributed by atoms with van der Waals surface area (Å²) in [4.78, 5) is 96.4. The van der Waals surface area contributed by atoms with Crippen LogP contribution in [0.3, 0.4) is 0 Å². The van der Waals surface area contributed by atoms with E-state index in [4.69, 9.17) is 19.4 Å². The summed E-state index contributed by atoms with van der Waals surface area (Å²) >= 11 is 0. The standard InChI is InChI=1S/C40H59N7O9.C2HF3O2/c1-26(43-34(48)21-27(2)44-36(50)23-29(4)46-38(52)30(5)41)20-35(49)45-28(3)22-37(51)47-33(39(53)55-24-31-14-8-6-9-15-31)18-12-13-19-42-40(54)56-25-32-16-10-7-11-17-32;3-2(4,5)1(6)7/h6-11,14-17,26-30,33H,12-13,18-25,41H2,1-5H3,(H,42,54)(H,43,48)(H,44,50)(H,45,49)(H,46,52)(H,47,51);(H,6,7)/t26-,27-,28-,29-,30+,33+;/m1./s1. The van der Waals surface area contributed by atoms with E-state index in [1.807, 2.05) is 60.7 Å². The molecule has 18 nitrogen and oxygen atoms in total. The normalized spacial score (nSPS) is 13.7. The zero-order chi connectivity index (χ0) is 47.5. The number of aliphatic carboxylic acids is 1. The van der Waals surface area contributed by atoms with Crippen LogP contribution in [0.25, 0.3) is 0 Å². The lowest BCUT2D eigenvalue weighted by Crippen LogP contribution is -2.66. The Morgan fingerprint density at radius 3 is 1.38 bits per heavy atom. The lowest BCUT2D eigenvalue weighted by Gasteiger charge is -2.21. The fourth-order valence-electron chi connectivity index (χ4n) is 5.47. The Balaban J connectivity index is 0.00000260. The molecular weight excluding hydrogens is 835 g/mol. The van der Waals surface area contributed by atoms with E-state index in [0.717, 1.165) is 11.1 Å². The molecule has 0 aliphatic heterocycles. The number of halogens is 3. The van der Waals surface area contributed by atoms with Gasteiger partial charge in [-0.2, -0.15) is 13.2 Å². The van der Waals surface area contributed by atoms with Gasteiger partial charge in [0, 0.05) is 56.4 Å². The van der Waals surface area contributed by atoms with E-state index >= 15 is 0 Å². The molecule has 2 rings (SSSR count). The van der Waals surface area contributed by atoms with Crippen LogP contribution in [-0.2, 0) is 56.2 Å². The van der Waals surface area contributed by atoms with Gasteiger partial charge in [-0.1, -0.05) is 60.7 Å². The fourth-order valence-corrected chi connectivity index (χ4v) is 5.47. The van der Waals surface area contributed by atoms with Crippen molar-refractivity contribution in [3.05, 3.63) is 71.8 Å². The molecule has 6 amide bonds. The van der Waals surface area contributed by atoms with Crippen LogP contribution in [-0.4, -0.2) is 96.5 Å². The number of hydrogen-bond donors (Lipinski definition) is 7. The molecule has 2 aromatic carbocycles. The summed E-state index contributed by atoms with van der Waals surface area (Å²) in [6.07, 6.45) is -4.62. The molecule has 0 bridgehead atoms. The first-order valence-corrected chi connectivity index (χ1v) is 20.3. The van der Waals surface area contributed by atoms with Crippen molar-refractivity contribution in [1.29, 1.82) is 0 Å². The third-order valence-corrected chi connectivity index (χ3v) is 8.50. The maximum Gasteiger partial charge on any atom is 0.430 e. The van der Waals surface area contributed by atoms with Gasteiger partial charge in [-0.25, -0.2) is 9.59 Å². The minimum absolute atomic E-state index is 0.0162. The summed E-state index contributed by atoms with van der Waals surface area (Å²) in [5, 5.41) is 25.1. The number of benzene rings is 2. The average Bonchev–Trinajstić information content (AvgIpc) is 3.18. The minimum Gasteiger partial charge on any atom is -0.542 e. The average molecular weight is 896 g/mol. The van der Waals surface area contributed by atoms with Crippen LogP contribution in [0.2, 0.25) is 0 Å². The number of alkyl halides is 3. The summed E-state index contributed by atoms with van der Waals surface area (Å²) in [5.41, 5.74) is 5.30. The molecule has 63 heavy (non-hydrogen) atoms. The number of amides is 6. The Morgan fingerprint density at radius 2 is 0.984 bits per heavy atom. The third kappa shape index (κ3) is 26.6. The minimum atomic E-state index is -5.19. The predicted molar refractivity (Wildman–Crippen MR) is 219 cm³/mol. The van der Waals surface area contributed by atoms with Crippen molar-refractivity contribution in [2.45, 2.75) is 135 Å². The van der Waals surface area contributed by atoms with E-state index in [1.165, 1.54) is 0 Å². The second-order valence-corrected chi connectivity index (χ2v) is 15.0. The number of carboxylic acids is 1. The number of quaternary nitrogens is 1. The number of hydrogen-bond acceptors (Lipinski definition) is 11. The highest BCUT2D eigenvalue weighted by Gasteiger charge is 2.29. The van der Waals surface area contributed by atoms with Crippen LogP contribution >= 0.6 is 0 Å². The number of esters is 1. The van der Waals surface area contributed by atoms with Crippen molar-refractivity contribution in [3.63, 3.8) is 0 Å². The van der Waals surface area contributed by atoms with Gasteiger partial charge in [-0.05, 0) is 65.0 Å². The van der Waals surface area contributed by atoms with Crippen molar-refractivity contribution >= 4 is 47.6 Å². The highest BCUT2D eigenvalue weighted by atomic mass is 19.4. The molecular formula is C42H60F3N7O11. The molecule has 0 saturated carbocycles. The van der Waals surface area contributed by atoms with Crippen molar-refractivity contribution in [3.8, 4) is 0 Å². The van der Waals surface area contributed by atoms with Gasteiger partial charge in [0.05, 0.1) is 0 Å². The molecule has 0 aromatic heterocycles. The second-order valence-electron chi connectivity index (χ2n) is 15.0. The first-order chi connectivity index (χ1) is 29.5. The van der Waals surface area contributed by atoms with E-state index in [9.17, 15) is 46.7 Å². The number of rotatable bonds is 24. The molecule has 350 valence electrons. The van der Waals surface area contributed by atoms with Crippen molar-refractivity contribution < 1.29 is 71.8 Å². The van der Waals surface area contributed by atoms with E-state index < -0.39 is 66.4 Å². The van der Waals surface area contributed by atoms with Gasteiger partial charge < -0.3 is 57.0 Å². The zero-order valence-corrected chi connectivity index (χ0v) is 36.1. The lowest BCUT2D eigenvalue weighted by atomic mass is 10.1. The lowest BCUT2D eigenvalue weighted by molar-refractivity contribution is -0.398.